The summed E-state index contributed by atoms with van der Waals surface area (Å²) in [7, 11) is 0. The van der Waals surface area contributed by atoms with E-state index >= 15 is 0 Å². The molecule has 0 radical (unpaired) electrons. The number of hydrogen-bond acceptors (Lipinski definition) is 3. The maximum Gasteiger partial charge on any atom is 0.240 e. The van der Waals surface area contributed by atoms with Crippen molar-refractivity contribution in [3.8, 4) is 0 Å². The van der Waals surface area contributed by atoms with Gasteiger partial charge in [-0.2, -0.15) is 5.10 Å². The Morgan fingerprint density at radius 3 is 2.31 bits per heavy atom. The Labute approximate surface area is 162 Å². The molecular formula is C19H19Cl2N3O2. The summed E-state index contributed by atoms with van der Waals surface area (Å²) in [5.41, 5.74) is 5.68. The quantitative estimate of drug-likeness (QED) is 0.559. The lowest BCUT2D eigenvalue weighted by molar-refractivity contribution is -0.124. The fourth-order valence-electron chi connectivity index (χ4n) is 2.09. The summed E-state index contributed by atoms with van der Waals surface area (Å²) in [4.78, 5) is 23.8. The van der Waals surface area contributed by atoms with Crippen molar-refractivity contribution in [3.05, 3.63) is 63.6 Å². The molecule has 0 saturated heterocycles. The number of carbonyl (C=O) groups excluding carboxylic acids is 2. The Morgan fingerprint density at radius 2 is 1.65 bits per heavy atom. The van der Waals surface area contributed by atoms with Crippen LogP contribution in [0.5, 0.6) is 0 Å². The standard InChI is InChI=1S/C19H19Cl2N3O2/c1-12-3-5-14(6-4-12)13(2)23-24-19(26)10-9-18(25)22-17-8-7-15(20)11-16(17)21/h3-8,11H,9-10H2,1-2H3,(H,22,25)(H,24,26)/b23-13+. The van der Waals surface area contributed by atoms with Gasteiger partial charge in [0.2, 0.25) is 11.8 Å². The van der Waals surface area contributed by atoms with Gasteiger partial charge < -0.3 is 5.32 Å². The minimum absolute atomic E-state index is 0.0156. The van der Waals surface area contributed by atoms with Crippen molar-refractivity contribution in [2.45, 2.75) is 26.7 Å². The van der Waals surface area contributed by atoms with Gasteiger partial charge in [0, 0.05) is 17.9 Å². The number of hydrazone groups is 1. The Bertz CT molecular complexity index is 833. The van der Waals surface area contributed by atoms with E-state index in [4.69, 9.17) is 23.2 Å². The SMILES string of the molecule is C/C(=N\NC(=O)CCC(=O)Nc1ccc(Cl)cc1Cl)c1ccc(C)cc1. The molecule has 2 aromatic carbocycles. The smallest absolute Gasteiger partial charge is 0.240 e. The number of hydrogen-bond donors (Lipinski definition) is 2. The van der Waals surface area contributed by atoms with E-state index < -0.39 is 0 Å². The molecule has 2 N–H and O–H groups in total. The lowest BCUT2D eigenvalue weighted by Gasteiger charge is -2.07. The van der Waals surface area contributed by atoms with Crippen LogP contribution in [0.1, 0.15) is 30.9 Å². The number of anilines is 1. The highest BCUT2D eigenvalue weighted by atomic mass is 35.5. The predicted molar refractivity (Wildman–Crippen MR) is 106 cm³/mol. The number of nitrogens with zero attached hydrogens (tertiary/aromatic N) is 1. The summed E-state index contributed by atoms with van der Waals surface area (Å²) >= 11 is 11.8. The molecule has 0 atom stereocenters. The molecule has 0 aromatic heterocycles. The largest absolute Gasteiger partial charge is 0.325 e. The second-order valence-electron chi connectivity index (χ2n) is 5.77. The minimum atomic E-state index is -0.339. The first-order chi connectivity index (χ1) is 12.3. The molecule has 7 heteroatoms. The molecule has 0 spiro atoms. The Kier molecular flexibility index (Phi) is 7.18. The van der Waals surface area contributed by atoms with E-state index in [1.807, 2.05) is 31.2 Å². The topological polar surface area (TPSA) is 70.6 Å². The second kappa shape index (κ2) is 9.36. The second-order valence-corrected chi connectivity index (χ2v) is 6.61. The van der Waals surface area contributed by atoms with E-state index in [1.54, 1.807) is 19.1 Å². The number of benzene rings is 2. The lowest BCUT2D eigenvalue weighted by Crippen LogP contribution is -2.21. The molecule has 5 nitrogen and oxygen atoms in total. The van der Waals surface area contributed by atoms with Gasteiger partial charge in [0.15, 0.2) is 0 Å². The highest BCUT2D eigenvalue weighted by molar-refractivity contribution is 6.36. The maximum atomic E-state index is 11.9. The molecule has 0 aliphatic rings. The number of halogens is 2. The van der Waals surface area contributed by atoms with Crippen molar-refractivity contribution in [3.63, 3.8) is 0 Å². The van der Waals surface area contributed by atoms with Crippen molar-refractivity contribution in [2.24, 2.45) is 5.10 Å². The minimum Gasteiger partial charge on any atom is -0.325 e. The van der Waals surface area contributed by atoms with Gasteiger partial charge in [-0.3, -0.25) is 9.59 Å². The van der Waals surface area contributed by atoms with E-state index in [2.05, 4.69) is 15.8 Å². The number of nitrogens with one attached hydrogen (secondary N) is 2. The van der Waals surface area contributed by atoms with Crippen LogP contribution in [0.2, 0.25) is 10.0 Å². The summed E-state index contributed by atoms with van der Waals surface area (Å²) in [5, 5.41) is 7.52. The molecule has 0 fully saturated rings. The summed E-state index contributed by atoms with van der Waals surface area (Å²) in [5.74, 6) is -0.655. The Hall–Kier alpha value is -2.37. The summed E-state index contributed by atoms with van der Waals surface area (Å²) < 4.78 is 0. The molecule has 0 bridgehead atoms. The van der Waals surface area contributed by atoms with Gasteiger partial charge >= 0.3 is 0 Å². The molecule has 0 aliphatic heterocycles. The van der Waals surface area contributed by atoms with Crippen LogP contribution in [0, 0.1) is 6.92 Å². The van der Waals surface area contributed by atoms with Crippen molar-refractivity contribution in [1.82, 2.24) is 5.43 Å². The molecule has 0 aliphatic carbocycles. The molecular weight excluding hydrogens is 373 g/mol. The molecule has 0 heterocycles. The number of aryl methyl sites for hydroxylation is 1. The molecule has 136 valence electrons. The molecule has 0 unspecified atom stereocenters. The van der Waals surface area contributed by atoms with Crippen molar-refractivity contribution in [2.75, 3.05) is 5.32 Å². The van der Waals surface area contributed by atoms with Gasteiger partial charge in [0.1, 0.15) is 0 Å². The molecule has 26 heavy (non-hydrogen) atoms. The van der Waals surface area contributed by atoms with E-state index in [0.717, 1.165) is 11.1 Å². The fourth-order valence-corrected chi connectivity index (χ4v) is 2.55. The Balaban J connectivity index is 1.81. The average Bonchev–Trinajstić information content (AvgIpc) is 2.61. The van der Waals surface area contributed by atoms with Crippen molar-refractivity contribution < 1.29 is 9.59 Å². The maximum absolute atomic E-state index is 11.9. The van der Waals surface area contributed by atoms with E-state index in [9.17, 15) is 9.59 Å². The zero-order chi connectivity index (χ0) is 19.1. The zero-order valence-electron chi connectivity index (χ0n) is 14.5. The first-order valence-corrected chi connectivity index (χ1v) is 8.76. The van der Waals surface area contributed by atoms with Gasteiger partial charge in [-0.25, -0.2) is 5.43 Å². The van der Waals surface area contributed by atoms with Gasteiger partial charge in [0.25, 0.3) is 0 Å². The van der Waals surface area contributed by atoms with E-state index in [-0.39, 0.29) is 24.7 Å². The van der Waals surface area contributed by atoms with Gasteiger partial charge in [-0.1, -0.05) is 53.0 Å². The van der Waals surface area contributed by atoms with Crippen LogP contribution in [-0.2, 0) is 9.59 Å². The normalized spacial score (nSPS) is 11.2. The molecule has 2 amide bonds. The third-order valence-electron chi connectivity index (χ3n) is 3.60. The summed E-state index contributed by atoms with van der Waals surface area (Å²) in [6.45, 7) is 3.81. The van der Waals surface area contributed by atoms with Crippen LogP contribution >= 0.6 is 23.2 Å². The molecule has 0 saturated carbocycles. The first-order valence-electron chi connectivity index (χ1n) is 8.00. The average molecular weight is 392 g/mol. The highest BCUT2D eigenvalue weighted by Crippen LogP contribution is 2.25. The Morgan fingerprint density at radius 1 is 1.00 bits per heavy atom. The van der Waals surface area contributed by atoms with Crippen LogP contribution in [0.4, 0.5) is 5.69 Å². The van der Waals surface area contributed by atoms with Crippen molar-refractivity contribution >= 4 is 46.4 Å². The van der Waals surface area contributed by atoms with E-state index in [1.165, 1.54) is 6.07 Å². The third-order valence-corrected chi connectivity index (χ3v) is 4.15. The predicted octanol–water partition coefficient (Wildman–Crippen LogP) is 4.56. The monoisotopic (exact) mass is 391 g/mol. The number of rotatable bonds is 6. The molecule has 2 aromatic rings. The third kappa shape index (κ3) is 6.17. The van der Waals surface area contributed by atoms with Crippen LogP contribution in [0.25, 0.3) is 0 Å². The van der Waals surface area contributed by atoms with Gasteiger partial charge in [-0.15, -0.1) is 0 Å². The van der Waals surface area contributed by atoms with Crippen LogP contribution < -0.4 is 10.7 Å². The number of amides is 2. The first kappa shape index (κ1) is 19.9. The van der Waals surface area contributed by atoms with Crippen LogP contribution in [-0.4, -0.2) is 17.5 Å². The molecule has 2 rings (SSSR count). The lowest BCUT2D eigenvalue weighted by atomic mass is 10.1. The van der Waals surface area contributed by atoms with Crippen molar-refractivity contribution in [1.29, 1.82) is 0 Å². The zero-order valence-corrected chi connectivity index (χ0v) is 16.0. The summed E-state index contributed by atoms with van der Waals surface area (Å²) in [6, 6.07) is 12.6. The fraction of sp³-hybridized carbons (Fsp3) is 0.211. The van der Waals surface area contributed by atoms with E-state index in [0.29, 0.717) is 21.4 Å². The van der Waals surface area contributed by atoms with Crippen LogP contribution in [0.15, 0.2) is 47.6 Å². The highest BCUT2D eigenvalue weighted by Gasteiger charge is 2.09. The van der Waals surface area contributed by atoms with Crippen LogP contribution in [0.3, 0.4) is 0 Å². The number of carbonyl (C=O) groups is 2. The van der Waals surface area contributed by atoms with Gasteiger partial charge in [0.05, 0.1) is 16.4 Å². The summed E-state index contributed by atoms with van der Waals surface area (Å²) in [6.07, 6.45) is 0.0333. The van der Waals surface area contributed by atoms with Gasteiger partial charge in [-0.05, 0) is 37.6 Å².